The average molecular weight is 1830 g/mol. The van der Waals surface area contributed by atoms with Crippen molar-refractivity contribution in [3.05, 3.63) is 254 Å². The zero-order valence-electron chi connectivity index (χ0n) is 77.0. The number of carboxylic acid groups (broad SMARTS) is 2. The van der Waals surface area contributed by atoms with Gasteiger partial charge in [-0.2, -0.15) is 0 Å². The summed E-state index contributed by atoms with van der Waals surface area (Å²) in [5, 5.41) is 31.8. The first-order chi connectivity index (χ1) is 60.6. The summed E-state index contributed by atoms with van der Waals surface area (Å²) in [5.41, 5.74) is 1.63. The van der Waals surface area contributed by atoms with E-state index < -0.39 is 170 Å². The van der Waals surface area contributed by atoms with Gasteiger partial charge in [0.25, 0.3) is 25.0 Å². The lowest BCUT2D eigenvalue weighted by Crippen LogP contribution is -2.68. The van der Waals surface area contributed by atoms with E-state index in [0.717, 1.165) is 42.2 Å². The van der Waals surface area contributed by atoms with E-state index in [1.807, 2.05) is 231 Å². The molecule has 8 rings (SSSR count). The van der Waals surface area contributed by atoms with Crippen molar-refractivity contribution in [3.63, 3.8) is 0 Å². The summed E-state index contributed by atoms with van der Waals surface area (Å²) >= 11 is 0. The summed E-state index contributed by atoms with van der Waals surface area (Å²) < 4.78 is 70.7. The number of benzene rings is 8. The largest absolute Gasteiger partial charge is 0.479 e. The van der Waals surface area contributed by atoms with Crippen LogP contribution in [0.15, 0.2) is 243 Å². The van der Waals surface area contributed by atoms with Crippen molar-refractivity contribution in [1.29, 1.82) is 0 Å². The first-order valence-electron chi connectivity index (χ1n) is 42.1. The number of aliphatic carboxylic acids is 2. The molecule has 0 heterocycles. The van der Waals surface area contributed by atoms with Crippen molar-refractivity contribution in [2.24, 2.45) is 0 Å². The van der Waals surface area contributed by atoms with Crippen molar-refractivity contribution >= 4 is 128 Å². The Balaban J connectivity index is 0.000000319. The molecule has 694 valence electrons. The van der Waals surface area contributed by atoms with Crippen LogP contribution < -0.4 is 31.1 Å². The third-order valence-corrected chi connectivity index (χ3v) is 35.5. The predicted molar refractivity (Wildman–Crippen MR) is 488 cm³/mol. The number of rotatable bonds is 36. The second-order valence-electron chi connectivity index (χ2n) is 33.4. The third kappa shape index (κ3) is 31.1. The van der Waals surface area contributed by atoms with Crippen LogP contribution in [0.1, 0.15) is 157 Å². The Morgan fingerprint density at radius 2 is 0.388 bits per heavy atom. The zero-order valence-corrected chi connectivity index (χ0v) is 80.0. The molecule has 0 aromatic heterocycles. The molecule has 0 amide bonds. The Hall–Kier alpha value is -12.1. The van der Waals surface area contributed by atoms with E-state index in [-0.39, 0.29) is 28.3 Å². The van der Waals surface area contributed by atoms with Gasteiger partial charge in [-0.15, -0.1) is 0 Å². The number of esters is 10. The maximum Gasteiger partial charge on any atom is 0.347 e. The molecule has 0 aliphatic carbocycles. The summed E-state index contributed by atoms with van der Waals surface area (Å²) in [7, 11) is -9.01. The summed E-state index contributed by atoms with van der Waals surface area (Å²) in [6, 6.07) is 77.3. The van der Waals surface area contributed by atoms with E-state index in [0.29, 0.717) is 0 Å². The third-order valence-electron chi connectivity index (χ3n) is 20.1. The molecule has 129 heavy (non-hydrogen) atoms. The molecule has 3 N–H and O–H groups in total. The van der Waals surface area contributed by atoms with Crippen LogP contribution in [0.25, 0.3) is 0 Å². The average Bonchev–Trinajstić information content (AvgIpc) is 0.753. The van der Waals surface area contributed by atoms with Crippen LogP contribution in [0.2, 0.25) is 15.1 Å². The maximum atomic E-state index is 13.3. The lowest BCUT2D eigenvalue weighted by Gasteiger charge is -2.44. The Morgan fingerprint density at radius 3 is 0.558 bits per heavy atom. The van der Waals surface area contributed by atoms with Crippen LogP contribution in [-0.4, -0.2) is 185 Å². The van der Waals surface area contributed by atoms with Gasteiger partial charge < -0.3 is 76.0 Å². The topological polar surface area (TPSA) is 386 Å². The number of ether oxygens (including phenoxy) is 10. The number of hydrogen-bond donors (Lipinski definition) is 3. The summed E-state index contributed by atoms with van der Waals surface area (Å²) in [4.78, 5) is 145. The highest BCUT2D eigenvalue weighted by Crippen LogP contribution is 2.41. The quantitative estimate of drug-likeness (QED) is 0.0186. The highest BCUT2D eigenvalue weighted by Gasteiger charge is 2.55. The van der Waals surface area contributed by atoms with E-state index in [1.165, 1.54) is 62.3 Å². The van der Waals surface area contributed by atoms with Gasteiger partial charge in [-0.1, -0.05) is 305 Å². The molecule has 0 saturated carbocycles. The number of carbonyl (C=O) groups excluding carboxylic acids is 10. The molecule has 0 saturated heterocycles. The van der Waals surface area contributed by atoms with Gasteiger partial charge in [0.05, 0.1) is 0 Å². The highest BCUT2D eigenvalue weighted by molar-refractivity contribution is 7.01. The molecular formula is C98H122O28Si3. The Labute approximate surface area is 757 Å². The van der Waals surface area contributed by atoms with Gasteiger partial charge in [-0.3, -0.25) is 0 Å². The fourth-order valence-electron chi connectivity index (χ4n) is 13.3. The Bertz CT molecular complexity index is 4800. The van der Waals surface area contributed by atoms with E-state index in [2.05, 4.69) is 62.3 Å². The molecule has 0 unspecified atom stereocenters. The van der Waals surface area contributed by atoms with Crippen LogP contribution >= 0.6 is 0 Å². The minimum absolute atomic E-state index is 0.0210. The standard InChI is InChI=1S/C35H42O9Si.C28H36O9Si.C22H28O5Si.C13H16O5/c1-24(31(36)40-23-28-17-11-8-12-18-28)41-32(37)25(2)42-33(38)26(3)43-34(39)27(4)44-45(35(5,6)7,29-19-13-9-14-20-29)30-21-15-10-16-22-30;1-18(24(29)30)34-25(31)19(2)35-26(32)20(3)36-27(33)21(4)37-38(28(5,6)7,22-14-10-8-11-15-22)23-16-12-9-13-17-23;1-16(20(23)24)26-21(25)17(2)27-28(22(3,4)5,18-12-8-6-9-13-18)19-14-10-7-11-15-19;1-9(14)12(15)18-10(2)13(16)17-8-11-6-4-3-5-7-11/h8-22,24-27H,23H2,1-7H3;8-21H,1-7H3,(H,29,30);6-17H,1-5H3,(H,23,24);3-7,9-10,14H,8H2,1-2H3/t24-,25-,26-,27+;18-,19-,20-,21+;16-,17+;9-,10+/m1110/s1. The van der Waals surface area contributed by atoms with Crippen LogP contribution in [0, 0.1) is 0 Å². The molecular weight excluding hydrogens is 1710 g/mol. The van der Waals surface area contributed by atoms with Gasteiger partial charge in [0, 0.05) is 0 Å². The van der Waals surface area contributed by atoms with Gasteiger partial charge in [-0.05, 0) is 140 Å². The number of hydrogen-bond acceptors (Lipinski definition) is 26. The fraction of sp³-hybridized carbons (Fsp3) is 0.388. The van der Waals surface area contributed by atoms with Crippen molar-refractivity contribution in [1.82, 2.24) is 0 Å². The molecule has 0 bridgehead atoms. The SMILES string of the molecule is C[C@H](O)C(=O)O[C@H](C)C(=O)OCc1ccccc1.C[C@H](O[Si](c1ccccc1)(c1ccccc1)C(C)(C)C)C(=O)O[C@H](C)C(=O)O.C[C@H](O[Si](c1ccccc1)(c1ccccc1)C(C)(C)C)C(=O)O[C@H](C)C(=O)O[C@H](C)C(=O)O[C@H](C)C(=O)O.C[C@H](O[Si](c1ccccc1)(c1ccccc1)C(C)(C)C)C(=O)O[C@H](C)C(=O)O[C@H](C)C(=O)O[C@H](C)C(=O)OCc1ccccc1. The van der Waals surface area contributed by atoms with E-state index >= 15 is 0 Å². The molecule has 31 heteroatoms. The minimum atomic E-state index is -3.06. The molecule has 8 aromatic rings. The number of aliphatic hydroxyl groups is 1. The predicted octanol–water partition coefficient (Wildman–Crippen LogP) is 11.3. The van der Waals surface area contributed by atoms with E-state index in [4.69, 9.17) is 76.0 Å². The second-order valence-corrected chi connectivity index (χ2v) is 46.2. The summed E-state index contributed by atoms with van der Waals surface area (Å²) in [5.74, 6) is -10.9. The van der Waals surface area contributed by atoms with Gasteiger partial charge in [0.15, 0.2) is 48.8 Å². The molecule has 12 atom stereocenters. The molecule has 0 fully saturated rings. The normalized spacial score (nSPS) is 14.3. The number of aliphatic hydroxyl groups excluding tert-OH is 1. The van der Waals surface area contributed by atoms with Crippen molar-refractivity contribution < 1.29 is 134 Å². The lowest BCUT2D eigenvalue weighted by molar-refractivity contribution is -0.183. The van der Waals surface area contributed by atoms with Crippen molar-refractivity contribution in [2.45, 2.75) is 247 Å². The number of carbonyl (C=O) groups is 12. The zero-order chi connectivity index (χ0) is 96.4. The molecule has 0 aliphatic rings. The van der Waals surface area contributed by atoms with Gasteiger partial charge >= 0.3 is 71.6 Å². The number of carboxylic acids is 2. The highest BCUT2D eigenvalue weighted by atomic mass is 28.4. The smallest absolute Gasteiger partial charge is 0.347 e. The van der Waals surface area contributed by atoms with Gasteiger partial charge in [0.1, 0.15) is 37.6 Å². The van der Waals surface area contributed by atoms with Crippen LogP contribution in [0.4, 0.5) is 0 Å². The molecule has 28 nitrogen and oxygen atoms in total. The lowest BCUT2D eigenvalue weighted by atomic mass is 10.2. The van der Waals surface area contributed by atoms with Crippen molar-refractivity contribution in [2.75, 3.05) is 0 Å². The van der Waals surface area contributed by atoms with Crippen LogP contribution in [-0.2, 0) is 131 Å². The van der Waals surface area contributed by atoms with Crippen molar-refractivity contribution in [3.8, 4) is 0 Å². The monoisotopic (exact) mass is 1830 g/mol. The molecule has 0 radical (unpaired) electrons. The summed E-state index contributed by atoms with van der Waals surface area (Å²) in [6.07, 6.45) is -14.6. The first-order valence-corrected chi connectivity index (χ1v) is 47.8. The molecule has 0 aliphatic heterocycles. The van der Waals surface area contributed by atoms with Gasteiger partial charge in [0.2, 0.25) is 0 Å². The summed E-state index contributed by atoms with van der Waals surface area (Å²) in [6.45, 7) is 35.4. The Kier molecular flexibility index (Phi) is 41.6. The van der Waals surface area contributed by atoms with Crippen LogP contribution in [0.5, 0.6) is 0 Å². The maximum absolute atomic E-state index is 13.3. The molecule has 0 spiro atoms. The first kappa shape index (κ1) is 107. The minimum Gasteiger partial charge on any atom is -0.479 e. The van der Waals surface area contributed by atoms with Gasteiger partial charge in [-0.25, -0.2) is 57.5 Å². The van der Waals surface area contributed by atoms with E-state index in [1.54, 1.807) is 32.9 Å². The second kappa shape index (κ2) is 50.0. The Morgan fingerprint density at radius 1 is 0.233 bits per heavy atom. The van der Waals surface area contributed by atoms with Crippen LogP contribution in [0.3, 0.4) is 0 Å². The fourth-order valence-corrected chi connectivity index (χ4v) is 27.2. The molecule has 8 aromatic carbocycles. The van der Waals surface area contributed by atoms with E-state index in [9.17, 15) is 57.5 Å².